The van der Waals surface area contributed by atoms with Gasteiger partial charge in [-0.3, -0.25) is 9.59 Å². The van der Waals surface area contributed by atoms with E-state index in [1.165, 1.54) is 4.88 Å². The van der Waals surface area contributed by atoms with E-state index in [1.807, 2.05) is 49.4 Å². The van der Waals surface area contributed by atoms with Gasteiger partial charge >= 0.3 is 0 Å². The van der Waals surface area contributed by atoms with Gasteiger partial charge in [-0.15, -0.1) is 11.3 Å². The second-order valence-electron chi connectivity index (χ2n) is 5.83. The number of hydrogen-bond donors (Lipinski definition) is 1. The van der Waals surface area contributed by atoms with Crippen LogP contribution in [0.5, 0.6) is 0 Å². The summed E-state index contributed by atoms with van der Waals surface area (Å²) < 4.78 is 0. The maximum atomic E-state index is 12.5. The van der Waals surface area contributed by atoms with E-state index in [4.69, 9.17) is 0 Å². The quantitative estimate of drug-likeness (QED) is 0.611. The van der Waals surface area contributed by atoms with E-state index < -0.39 is 0 Å². The number of benzene rings is 2. The van der Waals surface area contributed by atoms with Crippen molar-refractivity contribution in [3.05, 3.63) is 81.0 Å². The highest BCUT2D eigenvalue weighted by atomic mass is 32.1. The molecule has 0 bridgehead atoms. The fourth-order valence-electron chi connectivity index (χ4n) is 3.02. The maximum absolute atomic E-state index is 12.5. The molecule has 1 heterocycles. The number of ketones is 1. The van der Waals surface area contributed by atoms with Crippen LogP contribution in [0.4, 0.5) is 0 Å². The molecular weight excluding hydrogens is 318 g/mol. The monoisotopic (exact) mass is 333 g/mol. The molecule has 0 spiro atoms. The molecule has 24 heavy (non-hydrogen) atoms. The summed E-state index contributed by atoms with van der Waals surface area (Å²) in [5.74, 6) is -0.170. The van der Waals surface area contributed by atoms with E-state index >= 15 is 0 Å². The van der Waals surface area contributed by atoms with Gasteiger partial charge < -0.3 is 5.32 Å². The molecule has 118 valence electrons. The molecule has 1 aliphatic rings. The molecule has 0 atom stereocenters. The number of hydrogen-bond acceptors (Lipinski definition) is 3. The van der Waals surface area contributed by atoms with Crippen LogP contribution >= 0.6 is 11.3 Å². The van der Waals surface area contributed by atoms with Crippen LogP contribution < -0.4 is 5.32 Å². The SMILES string of the molecule is Cc1ccc(CNC(=O)c2ccc3c(c2)C(=O)c2ccccc2-3)s1. The minimum atomic E-state index is -0.160. The lowest BCUT2D eigenvalue weighted by Crippen LogP contribution is -2.22. The van der Waals surface area contributed by atoms with Crippen molar-refractivity contribution in [2.24, 2.45) is 0 Å². The molecule has 1 N–H and O–H groups in total. The normalized spacial score (nSPS) is 12.0. The molecule has 1 aliphatic carbocycles. The Bertz CT molecular complexity index is 971. The van der Waals surface area contributed by atoms with Gasteiger partial charge in [0.1, 0.15) is 0 Å². The third-order valence-electron chi connectivity index (χ3n) is 4.21. The lowest BCUT2D eigenvalue weighted by Gasteiger charge is -2.06. The largest absolute Gasteiger partial charge is 0.347 e. The number of nitrogens with one attached hydrogen (secondary N) is 1. The van der Waals surface area contributed by atoms with Crippen molar-refractivity contribution in [3.8, 4) is 11.1 Å². The van der Waals surface area contributed by atoms with Crippen molar-refractivity contribution in [2.75, 3.05) is 0 Å². The molecule has 0 saturated carbocycles. The Morgan fingerprint density at radius 2 is 1.71 bits per heavy atom. The van der Waals surface area contributed by atoms with Gasteiger partial charge in [0.15, 0.2) is 5.78 Å². The van der Waals surface area contributed by atoms with Gasteiger partial charge in [-0.25, -0.2) is 0 Å². The number of carbonyl (C=O) groups is 2. The molecule has 0 fully saturated rings. The second-order valence-corrected chi connectivity index (χ2v) is 7.20. The average Bonchev–Trinajstić information content (AvgIpc) is 3.15. The smallest absolute Gasteiger partial charge is 0.251 e. The topological polar surface area (TPSA) is 46.2 Å². The first-order valence-electron chi connectivity index (χ1n) is 7.75. The van der Waals surface area contributed by atoms with E-state index in [-0.39, 0.29) is 11.7 Å². The Balaban J connectivity index is 1.58. The predicted octanol–water partition coefficient (Wildman–Crippen LogP) is 4.20. The molecular formula is C20H15NO2S. The fraction of sp³-hybridized carbons (Fsp3) is 0.100. The van der Waals surface area contributed by atoms with Gasteiger partial charge in [0, 0.05) is 26.4 Å². The van der Waals surface area contributed by atoms with Crippen LogP contribution in [-0.4, -0.2) is 11.7 Å². The van der Waals surface area contributed by atoms with Crippen molar-refractivity contribution in [1.82, 2.24) is 5.32 Å². The summed E-state index contributed by atoms with van der Waals surface area (Å²) in [6.45, 7) is 2.54. The zero-order chi connectivity index (χ0) is 16.7. The van der Waals surface area contributed by atoms with Gasteiger partial charge in [-0.1, -0.05) is 30.3 Å². The molecule has 3 nitrogen and oxygen atoms in total. The number of fused-ring (bicyclic) bond motifs is 3. The molecule has 3 aromatic rings. The standard InChI is InChI=1S/C20H15NO2S/c1-12-6-8-14(24-12)11-21-20(23)13-7-9-16-15-4-2-3-5-17(15)19(22)18(16)10-13/h2-10H,11H2,1H3,(H,21,23). The van der Waals surface area contributed by atoms with Crippen molar-refractivity contribution >= 4 is 23.0 Å². The van der Waals surface area contributed by atoms with E-state index in [2.05, 4.69) is 5.32 Å². The van der Waals surface area contributed by atoms with E-state index in [9.17, 15) is 9.59 Å². The molecule has 4 rings (SSSR count). The molecule has 2 aromatic carbocycles. The number of thiophene rings is 1. The van der Waals surface area contributed by atoms with Gasteiger partial charge in [0.25, 0.3) is 5.91 Å². The first kappa shape index (κ1) is 14.8. The average molecular weight is 333 g/mol. The molecule has 4 heteroatoms. The summed E-state index contributed by atoms with van der Waals surface area (Å²) in [7, 11) is 0. The van der Waals surface area contributed by atoms with Gasteiger partial charge in [-0.2, -0.15) is 0 Å². The first-order valence-corrected chi connectivity index (χ1v) is 8.57. The number of amides is 1. The third-order valence-corrected chi connectivity index (χ3v) is 5.21. The fourth-order valence-corrected chi connectivity index (χ4v) is 3.85. The van der Waals surface area contributed by atoms with Crippen LogP contribution in [0.25, 0.3) is 11.1 Å². The minimum absolute atomic E-state index is 0.0101. The second kappa shape index (κ2) is 5.73. The van der Waals surface area contributed by atoms with E-state index in [0.29, 0.717) is 23.2 Å². The lowest BCUT2D eigenvalue weighted by molar-refractivity contribution is 0.0951. The Hall–Kier alpha value is -2.72. The third kappa shape index (κ3) is 2.45. The number of aryl methyl sites for hydroxylation is 1. The van der Waals surface area contributed by atoms with Crippen LogP contribution in [0.3, 0.4) is 0 Å². The van der Waals surface area contributed by atoms with Crippen LogP contribution in [-0.2, 0) is 6.54 Å². The Kier molecular flexibility index (Phi) is 3.54. The molecule has 0 saturated heterocycles. The summed E-state index contributed by atoms with van der Waals surface area (Å²) in [4.78, 5) is 27.2. The highest BCUT2D eigenvalue weighted by Gasteiger charge is 2.26. The predicted molar refractivity (Wildman–Crippen MR) is 95.5 cm³/mol. The molecule has 1 amide bonds. The Morgan fingerprint density at radius 1 is 0.958 bits per heavy atom. The van der Waals surface area contributed by atoms with Crippen molar-refractivity contribution < 1.29 is 9.59 Å². The van der Waals surface area contributed by atoms with Gasteiger partial charge in [0.05, 0.1) is 6.54 Å². The maximum Gasteiger partial charge on any atom is 0.251 e. The van der Waals surface area contributed by atoms with E-state index in [0.717, 1.165) is 16.0 Å². The van der Waals surface area contributed by atoms with Crippen LogP contribution in [0.15, 0.2) is 54.6 Å². The summed E-state index contributed by atoms with van der Waals surface area (Å²) in [6, 6.07) is 17.0. The first-order chi connectivity index (χ1) is 11.6. The molecule has 1 aromatic heterocycles. The minimum Gasteiger partial charge on any atom is -0.347 e. The summed E-state index contributed by atoms with van der Waals surface area (Å²) in [5.41, 5.74) is 3.68. The zero-order valence-electron chi connectivity index (χ0n) is 13.1. The van der Waals surface area contributed by atoms with Crippen LogP contribution in [0.1, 0.15) is 36.0 Å². The highest BCUT2D eigenvalue weighted by molar-refractivity contribution is 7.11. The van der Waals surface area contributed by atoms with Crippen molar-refractivity contribution in [1.29, 1.82) is 0 Å². The number of carbonyl (C=O) groups excluding carboxylic acids is 2. The molecule has 0 unspecified atom stereocenters. The van der Waals surface area contributed by atoms with Crippen molar-refractivity contribution in [2.45, 2.75) is 13.5 Å². The molecule has 0 aliphatic heterocycles. The summed E-state index contributed by atoms with van der Waals surface area (Å²) in [5, 5.41) is 2.92. The van der Waals surface area contributed by atoms with E-state index in [1.54, 1.807) is 23.5 Å². The van der Waals surface area contributed by atoms with Gasteiger partial charge in [0.2, 0.25) is 0 Å². The summed E-state index contributed by atoms with van der Waals surface area (Å²) in [6.07, 6.45) is 0. The van der Waals surface area contributed by atoms with Gasteiger partial charge in [-0.05, 0) is 42.3 Å². The number of rotatable bonds is 3. The zero-order valence-corrected chi connectivity index (χ0v) is 13.9. The van der Waals surface area contributed by atoms with Crippen LogP contribution in [0, 0.1) is 6.92 Å². The lowest BCUT2D eigenvalue weighted by atomic mass is 10.0. The van der Waals surface area contributed by atoms with Crippen LogP contribution in [0.2, 0.25) is 0 Å². The Labute approximate surface area is 144 Å². The van der Waals surface area contributed by atoms with Crippen molar-refractivity contribution in [3.63, 3.8) is 0 Å². The Morgan fingerprint density at radius 3 is 2.46 bits per heavy atom. The molecule has 0 radical (unpaired) electrons. The summed E-state index contributed by atoms with van der Waals surface area (Å²) >= 11 is 1.67. The highest BCUT2D eigenvalue weighted by Crippen LogP contribution is 2.36.